The summed E-state index contributed by atoms with van der Waals surface area (Å²) in [5, 5.41) is 11.9. The zero-order valence-electron chi connectivity index (χ0n) is 14.7. The quantitative estimate of drug-likeness (QED) is 0.414. The standard InChI is InChI=1S/C18H17N5O4/c1-22(2)14-8-7-11(9-15(14)23(25)26)18(24)27-10-16-20-13-6-4-3-5-12(13)17(19)21-16/h3-9H,10H2,1-2H3,(H2,19,20,21). The van der Waals surface area contributed by atoms with E-state index in [4.69, 9.17) is 10.5 Å². The Kier molecular flexibility index (Phi) is 4.84. The number of hydrogen-bond acceptors (Lipinski definition) is 8. The van der Waals surface area contributed by atoms with E-state index in [-0.39, 0.29) is 29.5 Å². The molecular formula is C18H17N5O4. The Hall–Kier alpha value is -3.75. The number of esters is 1. The summed E-state index contributed by atoms with van der Waals surface area (Å²) in [6.45, 7) is -0.197. The van der Waals surface area contributed by atoms with Gasteiger partial charge in [-0.2, -0.15) is 0 Å². The molecule has 3 rings (SSSR count). The van der Waals surface area contributed by atoms with Crippen molar-refractivity contribution in [3.8, 4) is 0 Å². The second kappa shape index (κ2) is 7.24. The van der Waals surface area contributed by atoms with Crippen LogP contribution < -0.4 is 10.6 Å². The molecule has 9 nitrogen and oxygen atoms in total. The summed E-state index contributed by atoms with van der Waals surface area (Å²) in [7, 11) is 3.36. The predicted molar refractivity (Wildman–Crippen MR) is 100 cm³/mol. The molecule has 0 saturated heterocycles. The number of nitrogen functional groups attached to an aromatic ring is 1. The van der Waals surface area contributed by atoms with Gasteiger partial charge in [0.1, 0.15) is 11.5 Å². The van der Waals surface area contributed by atoms with Crippen LogP contribution in [0.3, 0.4) is 0 Å². The van der Waals surface area contributed by atoms with Gasteiger partial charge in [0.2, 0.25) is 0 Å². The lowest BCUT2D eigenvalue weighted by Gasteiger charge is -2.13. The fraction of sp³-hybridized carbons (Fsp3) is 0.167. The fourth-order valence-corrected chi connectivity index (χ4v) is 2.60. The van der Waals surface area contributed by atoms with Gasteiger partial charge >= 0.3 is 5.97 Å². The molecule has 0 unspecified atom stereocenters. The summed E-state index contributed by atoms with van der Waals surface area (Å²) >= 11 is 0. The molecule has 0 saturated carbocycles. The van der Waals surface area contributed by atoms with E-state index in [0.29, 0.717) is 16.6 Å². The summed E-state index contributed by atoms with van der Waals surface area (Å²) in [4.78, 5) is 33.0. The lowest BCUT2D eigenvalue weighted by molar-refractivity contribution is -0.384. The molecule has 0 aliphatic carbocycles. The summed E-state index contributed by atoms with van der Waals surface area (Å²) in [5.74, 6) is -0.171. The second-order valence-corrected chi connectivity index (χ2v) is 5.97. The van der Waals surface area contributed by atoms with E-state index >= 15 is 0 Å². The van der Waals surface area contributed by atoms with E-state index in [2.05, 4.69) is 9.97 Å². The van der Waals surface area contributed by atoms with Crippen LogP contribution >= 0.6 is 0 Å². The molecule has 0 fully saturated rings. The molecule has 9 heteroatoms. The highest BCUT2D eigenvalue weighted by Gasteiger charge is 2.20. The number of carbonyl (C=O) groups excluding carboxylic acids is 1. The molecule has 0 aliphatic rings. The van der Waals surface area contributed by atoms with E-state index in [1.807, 2.05) is 12.1 Å². The van der Waals surface area contributed by atoms with Gasteiger partial charge in [0.25, 0.3) is 5.69 Å². The smallest absolute Gasteiger partial charge is 0.338 e. The van der Waals surface area contributed by atoms with E-state index in [0.717, 1.165) is 0 Å². The molecule has 2 aromatic carbocycles. The normalized spacial score (nSPS) is 10.6. The van der Waals surface area contributed by atoms with E-state index in [1.165, 1.54) is 18.2 Å². The Labute approximate surface area is 154 Å². The minimum absolute atomic E-state index is 0.0704. The summed E-state index contributed by atoms with van der Waals surface area (Å²) in [6, 6.07) is 11.4. The van der Waals surface area contributed by atoms with E-state index in [1.54, 1.807) is 31.1 Å². The molecule has 0 radical (unpaired) electrons. The number of aromatic nitrogens is 2. The highest BCUT2D eigenvalue weighted by Crippen LogP contribution is 2.28. The average Bonchev–Trinajstić information content (AvgIpc) is 2.65. The van der Waals surface area contributed by atoms with Crippen molar-refractivity contribution in [2.45, 2.75) is 6.61 Å². The van der Waals surface area contributed by atoms with Crippen LogP contribution in [0, 0.1) is 10.1 Å². The Balaban J connectivity index is 1.80. The predicted octanol–water partition coefficient (Wildman–Crippen LogP) is 2.54. The lowest BCUT2D eigenvalue weighted by Crippen LogP contribution is -2.13. The van der Waals surface area contributed by atoms with Crippen LogP contribution in [0.1, 0.15) is 16.2 Å². The number of benzene rings is 2. The van der Waals surface area contributed by atoms with Gasteiger partial charge in [0.15, 0.2) is 12.4 Å². The molecule has 2 N–H and O–H groups in total. The molecule has 0 amide bonds. The third-order valence-corrected chi connectivity index (χ3v) is 3.90. The van der Waals surface area contributed by atoms with E-state index in [9.17, 15) is 14.9 Å². The van der Waals surface area contributed by atoms with Crippen LogP contribution in [0.5, 0.6) is 0 Å². The third kappa shape index (κ3) is 3.76. The van der Waals surface area contributed by atoms with Crippen molar-refractivity contribution in [1.82, 2.24) is 9.97 Å². The molecule has 0 atom stereocenters. The maximum absolute atomic E-state index is 12.3. The first-order valence-corrected chi connectivity index (χ1v) is 8.01. The molecule has 27 heavy (non-hydrogen) atoms. The number of para-hydroxylation sites is 1. The lowest BCUT2D eigenvalue weighted by atomic mass is 10.1. The van der Waals surface area contributed by atoms with Gasteiger partial charge in [-0.05, 0) is 24.3 Å². The van der Waals surface area contributed by atoms with Crippen LogP contribution in [-0.4, -0.2) is 35.0 Å². The summed E-state index contributed by atoms with van der Waals surface area (Å²) < 4.78 is 5.20. The summed E-state index contributed by atoms with van der Waals surface area (Å²) in [6.07, 6.45) is 0. The van der Waals surface area contributed by atoms with Gasteiger partial charge in [-0.1, -0.05) is 12.1 Å². The van der Waals surface area contributed by atoms with Gasteiger partial charge in [0, 0.05) is 25.5 Å². The van der Waals surface area contributed by atoms with Crippen LogP contribution in [-0.2, 0) is 11.3 Å². The Morgan fingerprint density at radius 2 is 1.96 bits per heavy atom. The number of ether oxygens (including phenoxy) is 1. The average molecular weight is 367 g/mol. The second-order valence-electron chi connectivity index (χ2n) is 5.97. The van der Waals surface area contributed by atoms with Gasteiger partial charge in [-0.25, -0.2) is 14.8 Å². The minimum atomic E-state index is -0.710. The number of hydrogen-bond donors (Lipinski definition) is 1. The van der Waals surface area contributed by atoms with Crippen LogP contribution in [0.2, 0.25) is 0 Å². The number of carbonyl (C=O) groups is 1. The molecule has 0 aliphatic heterocycles. The van der Waals surface area contributed by atoms with Crippen molar-refractivity contribution in [3.63, 3.8) is 0 Å². The van der Waals surface area contributed by atoms with Crippen molar-refractivity contribution in [3.05, 3.63) is 64.0 Å². The Morgan fingerprint density at radius 3 is 2.67 bits per heavy atom. The SMILES string of the molecule is CN(C)c1ccc(C(=O)OCc2nc(N)c3ccccc3n2)cc1[N+](=O)[O-]. The van der Waals surface area contributed by atoms with Crippen molar-refractivity contribution in [2.24, 2.45) is 0 Å². The van der Waals surface area contributed by atoms with Crippen molar-refractivity contribution in [2.75, 3.05) is 24.7 Å². The highest BCUT2D eigenvalue weighted by molar-refractivity contribution is 5.91. The zero-order chi connectivity index (χ0) is 19.6. The largest absolute Gasteiger partial charge is 0.454 e. The monoisotopic (exact) mass is 367 g/mol. The number of anilines is 2. The Morgan fingerprint density at radius 1 is 1.22 bits per heavy atom. The molecule has 1 heterocycles. The molecular weight excluding hydrogens is 350 g/mol. The third-order valence-electron chi connectivity index (χ3n) is 3.90. The number of nitrogens with two attached hydrogens (primary N) is 1. The highest BCUT2D eigenvalue weighted by atomic mass is 16.6. The summed E-state index contributed by atoms with van der Waals surface area (Å²) in [5.41, 5.74) is 6.82. The molecule has 0 spiro atoms. The zero-order valence-corrected chi connectivity index (χ0v) is 14.7. The van der Waals surface area contributed by atoms with Gasteiger partial charge in [-0.15, -0.1) is 0 Å². The van der Waals surface area contributed by atoms with Crippen molar-refractivity contribution in [1.29, 1.82) is 0 Å². The molecule has 1 aromatic heterocycles. The van der Waals surface area contributed by atoms with Crippen LogP contribution in [0.25, 0.3) is 10.9 Å². The number of nitro groups is 1. The number of nitrogens with zero attached hydrogens (tertiary/aromatic N) is 4. The van der Waals surface area contributed by atoms with Crippen molar-refractivity contribution >= 4 is 34.1 Å². The first kappa shape index (κ1) is 18.1. The van der Waals surface area contributed by atoms with Crippen LogP contribution in [0.15, 0.2) is 42.5 Å². The van der Waals surface area contributed by atoms with Gasteiger partial charge < -0.3 is 15.4 Å². The van der Waals surface area contributed by atoms with Gasteiger partial charge in [-0.3, -0.25) is 10.1 Å². The topological polar surface area (TPSA) is 124 Å². The molecule has 3 aromatic rings. The van der Waals surface area contributed by atoms with Gasteiger partial charge in [0.05, 0.1) is 16.0 Å². The number of rotatable bonds is 5. The van der Waals surface area contributed by atoms with E-state index < -0.39 is 10.9 Å². The first-order chi connectivity index (χ1) is 12.9. The number of nitro benzene ring substituents is 1. The molecule has 0 bridgehead atoms. The number of fused-ring (bicyclic) bond motifs is 1. The first-order valence-electron chi connectivity index (χ1n) is 8.01. The Bertz CT molecular complexity index is 1040. The fourth-order valence-electron chi connectivity index (χ4n) is 2.60. The molecule has 138 valence electrons. The van der Waals surface area contributed by atoms with Crippen LogP contribution in [0.4, 0.5) is 17.2 Å². The maximum Gasteiger partial charge on any atom is 0.338 e. The maximum atomic E-state index is 12.3. The van der Waals surface area contributed by atoms with Crippen molar-refractivity contribution < 1.29 is 14.5 Å². The minimum Gasteiger partial charge on any atom is -0.454 e.